The number of nitrogens with two attached hydrogens (primary N) is 1. The summed E-state index contributed by atoms with van der Waals surface area (Å²) in [7, 11) is 0. The zero-order chi connectivity index (χ0) is 14.8. The number of carbonyl (C=O) groups is 1. The molecule has 2 saturated heterocycles. The van der Waals surface area contributed by atoms with Gasteiger partial charge in [-0.1, -0.05) is 12.5 Å². The van der Waals surface area contributed by atoms with Crippen molar-refractivity contribution in [1.29, 1.82) is 0 Å². The van der Waals surface area contributed by atoms with E-state index in [9.17, 15) is 4.79 Å². The molecule has 2 aliphatic heterocycles. The zero-order valence-corrected chi connectivity index (χ0v) is 15.3. The van der Waals surface area contributed by atoms with Gasteiger partial charge in [-0.05, 0) is 57.0 Å². The number of halogens is 2. The first-order valence-electron chi connectivity index (χ1n) is 8.04. The van der Waals surface area contributed by atoms with Crippen molar-refractivity contribution in [2.75, 3.05) is 31.9 Å². The van der Waals surface area contributed by atoms with Gasteiger partial charge in [0, 0.05) is 30.4 Å². The van der Waals surface area contributed by atoms with Crippen LogP contribution in [0.25, 0.3) is 0 Å². The normalized spacial score (nSPS) is 21.4. The number of rotatable bonds is 2. The van der Waals surface area contributed by atoms with E-state index in [0.29, 0.717) is 11.7 Å². The van der Waals surface area contributed by atoms with Gasteiger partial charge in [0.2, 0.25) is 0 Å². The molecule has 1 aromatic rings. The van der Waals surface area contributed by atoms with E-state index in [1.165, 1.54) is 32.4 Å². The van der Waals surface area contributed by atoms with Gasteiger partial charge in [0.1, 0.15) is 0 Å². The van der Waals surface area contributed by atoms with Crippen LogP contribution in [-0.2, 0) is 0 Å². The summed E-state index contributed by atoms with van der Waals surface area (Å²) in [5.74, 6) is 0.138. The topological polar surface area (TPSA) is 49.6 Å². The summed E-state index contributed by atoms with van der Waals surface area (Å²) < 4.78 is 0. The van der Waals surface area contributed by atoms with Crippen LogP contribution < -0.4 is 5.73 Å². The van der Waals surface area contributed by atoms with Gasteiger partial charge in [0.05, 0.1) is 0 Å². The Balaban J connectivity index is 0.00000132. The molecule has 2 N–H and O–H groups in total. The molecule has 4 nitrogen and oxygen atoms in total. The Bertz CT molecular complexity index is 533. The number of nitrogens with zero attached hydrogens (tertiary/aromatic N) is 2. The number of carbonyl (C=O) groups excluding carboxylic acids is 1. The Hall–Kier alpha value is -0.970. The quantitative estimate of drug-likeness (QED) is 0.825. The Morgan fingerprint density at radius 2 is 1.83 bits per heavy atom. The Labute approximate surface area is 151 Å². The number of hydrogen-bond acceptors (Lipinski definition) is 3. The predicted octanol–water partition coefficient (Wildman–Crippen LogP) is 3.12. The highest BCUT2D eigenvalue weighted by Crippen LogP contribution is 2.23. The van der Waals surface area contributed by atoms with Gasteiger partial charge in [-0.25, -0.2) is 0 Å². The van der Waals surface area contributed by atoms with Crippen molar-refractivity contribution in [1.82, 2.24) is 9.80 Å². The molecule has 3 rings (SSSR count). The number of nitrogen functional groups attached to an aromatic ring is 1. The van der Waals surface area contributed by atoms with Crippen LogP contribution in [0.1, 0.15) is 41.6 Å². The van der Waals surface area contributed by atoms with Crippen LogP contribution in [0.3, 0.4) is 0 Å². The van der Waals surface area contributed by atoms with E-state index in [4.69, 9.17) is 5.73 Å². The smallest absolute Gasteiger partial charge is 0.254 e. The minimum absolute atomic E-state index is 0. The van der Waals surface area contributed by atoms with Gasteiger partial charge >= 0.3 is 0 Å². The summed E-state index contributed by atoms with van der Waals surface area (Å²) in [4.78, 5) is 17.3. The van der Waals surface area contributed by atoms with E-state index >= 15 is 0 Å². The molecule has 0 aliphatic carbocycles. The minimum Gasteiger partial charge on any atom is -0.399 e. The van der Waals surface area contributed by atoms with Crippen LogP contribution in [0.2, 0.25) is 0 Å². The van der Waals surface area contributed by atoms with Crippen LogP contribution in [0.15, 0.2) is 18.2 Å². The second-order valence-corrected chi connectivity index (χ2v) is 6.36. The maximum Gasteiger partial charge on any atom is 0.254 e. The summed E-state index contributed by atoms with van der Waals surface area (Å²) in [6.45, 7) is 6.11. The molecule has 2 fully saturated rings. The standard InChI is InChI=1S/C17H25N3O.2ClH/c1-13-5-6-14(18)11-16(13)17(21)20-10-7-15(12-20)19-8-3-2-4-9-19;;/h5-6,11,15H,2-4,7-10,12,18H2,1H3;2*1H. The van der Waals surface area contributed by atoms with E-state index in [1.807, 2.05) is 30.0 Å². The van der Waals surface area contributed by atoms with Crippen molar-refractivity contribution >= 4 is 36.4 Å². The average Bonchev–Trinajstić information content (AvgIpc) is 3.00. The highest BCUT2D eigenvalue weighted by Gasteiger charge is 2.31. The van der Waals surface area contributed by atoms with Gasteiger partial charge in [-0.2, -0.15) is 0 Å². The lowest BCUT2D eigenvalue weighted by atomic mass is 10.1. The fourth-order valence-electron chi connectivity index (χ4n) is 3.55. The summed E-state index contributed by atoms with van der Waals surface area (Å²) >= 11 is 0. The van der Waals surface area contributed by atoms with E-state index < -0.39 is 0 Å². The molecule has 2 aliphatic rings. The van der Waals surface area contributed by atoms with E-state index in [-0.39, 0.29) is 30.7 Å². The monoisotopic (exact) mass is 359 g/mol. The lowest BCUT2D eigenvalue weighted by Gasteiger charge is -2.32. The molecule has 1 unspecified atom stereocenters. The Kier molecular flexibility index (Phi) is 7.65. The van der Waals surface area contributed by atoms with Crippen LogP contribution in [0.4, 0.5) is 5.69 Å². The molecule has 0 saturated carbocycles. The molecule has 1 atom stereocenters. The summed E-state index contributed by atoms with van der Waals surface area (Å²) in [5, 5.41) is 0. The molecule has 6 heteroatoms. The molecule has 1 aromatic carbocycles. The summed E-state index contributed by atoms with van der Waals surface area (Å²) in [6.07, 6.45) is 5.07. The zero-order valence-electron chi connectivity index (χ0n) is 13.7. The molecule has 0 aromatic heterocycles. The second kappa shape index (κ2) is 8.76. The first kappa shape index (κ1) is 20.1. The van der Waals surface area contributed by atoms with Crippen LogP contribution >= 0.6 is 24.8 Å². The third-order valence-electron chi connectivity index (χ3n) is 4.85. The molecule has 23 heavy (non-hydrogen) atoms. The van der Waals surface area contributed by atoms with Crippen LogP contribution in [0.5, 0.6) is 0 Å². The van der Waals surface area contributed by atoms with Crippen molar-refractivity contribution in [2.24, 2.45) is 0 Å². The molecule has 0 bridgehead atoms. The van der Waals surface area contributed by atoms with Crippen molar-refractivity contribution in [3.05, 3.63) is 29.3 Å². The highest BCUT2D eigenvalue weighted by molar-refractivity contribution is 5.96. The largest absolute Gasteiger partial charge is 0.399 e. The predicted molar refractivity (Wildman–Crippen MR) is 99.8 cm³/mol. The number of aryl methyl sites for hydroxylation is 1. The van der Waals surface area contributed by atoms with E-state index in [1.54, 1.807) is 0 Å². The maximum absolute atomic E-state index is 12.7. The van der Waals surface area contributed by atoms with Crippen LogP contribution in [-0.4, -0.2) is 47.9 Å². The molecule has 1 amide bonds. The van der Waals surface area contributed by atoms with Gasteiger partial charge in [-0.3, -0.25) is 9.69 Å². The number of piperidine rings is 1. The Morgan fingerprint density at radius 3 is 2.52 bits per heavy atom. The summed E-state index contributed by atoms with van der Waals surface area (Å²) in [5.41, 5.74) is 8.26. The first-order valence-corrected chi connectivity index (χ1v) is 8.04. The molecule has 2 heterocycles. The van der Waals surface area contributed by atoms with Gasteiger partial charge in [0.15, 0.2) is 0 Å². The molecular formula is C17H27Cl2N3O. The number of hydrogen-bond donors (Lipinski definition) is 1. The molecule has 130 valence electrons. The Morgan fingerprint density at radius 1 is 1.13 bits per heavy atom. The van der Waals surface area contributed by atoms with Crippen LogP contribution in [0, 0.1) is 6.92 Å². The van der Waals surface area contributed by atoms with E-state index in [2.05, 4.69) is 4.90 Å². The van der Waals surface area contributed by atoms with Gasteiger partial charge < -0.3 is 10.6 Å². The third kappa shape index (κ3) is 4.52. The van der Waals surface area contributed by atoms with Gasteiger partial charge in [0.25, 0.3) is 5.91 Å². The van der Waals surface area contributed by atoms with Crippen molar-refractivity contribution in [3.63, 3.8) is 0 Å². The second-order valence-electron chi connectivity index (χ2n) is 6.36. The first-order chi connectivity index (χ1) is 10.1. The molecular weight excluding hydrogens is 333 g/mol. The molecule has 0 radical (unpaired) electrons. The average molecular weight is 360 g/mol. The SMILES string of the molecule is Cc1ccc(N)cc1C(=O)N1CCC(N2CCCCC2)C1.Cl.Cl. The summed E-state index contributed by atoms with van der Waals surface area (Å²) in [6, 6.07) is 6.15. The molecule has 0 spiro atoms. The number of anilines is 1. The lowest BCUT2D eigenvalue weighted by Crippen LogP contribution is -2.41. The van der Waals surface area contributed by atoms with E-state index in [0.717, 1.165) is 30.6 Å². The van der Waals surface area contributed by atoms with Crippen molar-refractivity contribution in [3.8, 4) is 0 Å². The number of likely N-dealkylation sites (tertiary alicyclic amines) is 2. The minimum atomic E-state index is 0. The number of amides is 1. The fourth-order valence-corrected chi connectivity index (χ4v) is 3.55. The number of benzene rings is 1. The van der Waals surface area contributed by atoms with Crippen molar-refractivity contribution in [2.45, 2.75) is 38.6 Å². The lowest BCUT2D eigenvalue weighted by molar-refractivity contribution is 0.0771. The fraction of sp³-hybridized carbons (Fsp3) is 0.588. The third-order valence-corrected chi connectivity index (χ3v) is 4.85. The van der Waals surface area contributed by atoms with Crippen molar-refractivity contribution < 1.29 is 4.79 Å². The maximum atomic E-state index is 12.7. The van der Waals surface area contributed by atoms with Gasteiger partial charge in [-0.15, -0.1) is 24.8 Å². The highest BCUT2D eigenvalue weighted by atomic mass is 35.5.